The number of halogens is 1. The van der Waals surface area contributed by atoms with Crippen LogP contribution in [0, 0.1) is 5.92 Å². The monoisotopic (exact) mass is 288 g/mol. The van der Waals surface area contributed by atoms with E-state index >= 15 is 0 Å². The smallest absolute Gasteiger partial charge is 0.0931 e. The first kappa shape index (κ1) is 14.3. The van der Waals surface area contributed by atoms with Crippen LogP contribution in [-0.4, -0.2) is 44.3 Å². The molecule has 1 saturated heterocycles. The molecule has 1 N–H and O–H groups in total. The van der Waals surface area contributed by atoms with Gasteiger partial charge in [0.15, 0.2) is 0 Å². The standard InChI is InChI=1S/C13H21ClN2OS/c1-3-15-12-9-17-8-10(12)6-16(2)7-11-4-5-13(14)18-11/h4-5,10,12,15H,3,6-9H2,1-2H3. The van der Waals surface area contributed by atoms with E-state index in [4.69, 9.17) is 16.3 Å². The number of hydrogen-bond donors (Lipinski definition) is 1. The van der Waals surface area contributed by atoms with Crippen LogP contribution in [0.3, 0.4) is 0 Å². The van der Waals surface area contributed by atoms with Gasteiger partial charge in [0.25, 0.3) is 0 Å². The maximum absolute atomic E-state index is 5.95. The molecule has 102 valence electrons. The fourth-order valence-corrected chi connectivity index (χ4v) is 3.60. The Labute approximate surface area is 118 Å². The average molecular weight is 289 g/mol. The van der Waals surface area contributed by atoms with Crippen LogP contribution in [0.1, 0.15) is 11.8 Å². The van der Waals surface area contributed by atoms with Gasteiger partial charge in [-0.05, 0) is 25.7 Å². The first-order valence-electron chi connectivity index (χ1n) is 6.43. The Balaban J connectivity index is 1.81. The van der Waals surface area contributed by atoms with Crippen LogP contribution in [-0.2, 0) is 11.3 Å². The van der Waals surface area contributed by atoms with Crippen molar-refractivity contribution in [3.63, 3.8) is 0 Å². The van der Waals surface area contributed by atoms with Gasteiger partial charge in [-0.3, -0.25) is 0 Å². The Morgan fingerprint density at radius 2 is 2.33 bits per heavy atom. The molecule has 2 atom stereocenters. The average Bonchev–Trinajstić information content (AvgIpc) is 2.90. The summed E-state index contributed by atoms with van der Waals surface area (Å²) in [5.74, 6) is 0.588. The first-order valence-corrected chi connectivity index (χ1v) is 7.62. The molecule has 1 fully saturated rings. The Hall–Kier alpha value is -0.130. The number of thiophene rings is 1. The Kier molecular flexibility index (Phi) is 5.45. The lowest BCUT2D eigenvalue weighted by Gasteiger charge is -2.24. The van der Waals surface area contributed by atoms with Crippen LogP contribution in [0.5, 0.6) is 0 Å². The van der Waals surface area contributed by atoms with Crippen molar-refractivity contribution in [3.8, 4) is 0 Å². The molecule has 0 saturated carbocycles. The predicted octanol–water partition coefficient (Wildman–Crippen LogP) is 2.46. The second-order valence-corrected chi connectivity index (χ2v) is 6.66. The highest BCUT2D eigenvalue weighted by Crippen LogP contribution is 2.23. The molecule has 0 amide bonds. The summed E-state index contributed by atoms with van der Waals surface area (Å²) in [6, 6.07) is 4.58. The van der Waals surface area contributed by atoms with E-state index in [1.54, 1.807) is 11.3 Å². The zero-order valence-corrected chi connectivity index (χ0v) is 12.6. The molecule has 1 aliphatic rings. The predicted molar refractivity (Wildman–Crippen MR) is 77.4 cm³/mol. The highest BCUT2D eigenvalue weighted by atomic mass is 35.5. The fraction of sp³-hybridized carbons (Fsp3) is 0.692. The van der Waals surface area contributed by atoms with E-state index in [1.165, 1.54) is 4.88 Å². The maximum atomic E-state index is 5.95. The molecule has 0 bridgehead atoms. The molecule has 1 aromatic rings. The molecule has 0 radical (unpaired) electrons. The minimum Gasteiger partial charge on any atom is -0.379 e. The molecular weight excluding hydrogens is 268 g/mol. The molecule has 3 nitrogen and oxygen atoms in total. The summed E-state index contributed by atoms with van der Waals surface area (Å²) in [6.07, 6.45) is 0. The third kappa shape index (κ3) is 3.93. The molecule has 2 heterocycles. The van der Waals surface area contributed by atoms with Gasteiger partial charge in [-0.2, -0.15) is 0 Å². The second-order valence-electron chi connectivity index (χ2n) is 4.86. The summed E-state index contributed by atoms with van der Waals surface area (Å²) >= 11 is 7.61. The van der Waals surface area contributed by atoms with Crippen LogP contribution in [0.25, 0.3) is 0 Å². The Bertz CT molecular complexity index is 372. The van der Waals surface area contributed by atoms with Gasteiger partial charge in [-0.25, -0.2) is 0 Å². The maximum Gasteiger partial charge on any atom is 0.0931 e. The van der Waals surface area contributed by atoms with Gasteiger partial charge in [-0.15, -0.1) is 11.3 Å². The lowest BCUT2D eigenvalue weighted by atomic mass is 10.0. The molecule has 0 spiro atoms. The molecule has 2 unspecified atom stereocenters. The third-order valence-electron chi connectivity index (χ3n) is 3.27. The lowest BCUT2D eigenvalue weighted by Crippen LogP contribution is -2.40. The van der Waals surface area contributed by atoms with Crippen molar-refractivity contribution < 1.29 is 4.74 Å². The van der Waals surface area contributed by atoms with Crippen molar-refractivity contribution in [3.05, 3.63) is 21.3 Å². The van der Waals surface area contributed by atoms with Crippen LogP contribution in [0.2, 0.25) is 4.34 Å². The number of nitrogens with one attached hydrogen (secondary N) is 1. The quantitative estimate of drug-likeness (QED) is 0.870. The number of ether oxygens (including phenoxy) is 1. The zero-order chi connectivity index (χ0) is 13.0. The SMILES string of the molecule is CCNC1COCC1CN(C)Cc1ccc(Cl)s1. The molecule has 0 aromatic carbocycles. The number of likely N-dealkylation sites (N-methyl/N-ethyl adjacent to an activating group) is 1. The molecule has 0 aliphatic carbocycles. The van der Waals surface area contributed by atoms with Gasteiger partial charge in [-0.1, -0.05) is 18.5 Å². The van der Waals surface area contributed by atoms with Crippen molar-refractivity contribution in [2.24, 2.45) is 5.92 Å². The van der Waals surface area contributed by atoms with Gasteiger partial charge in [0, 0.05) is 29.9 Å². The minimum absolute atomic E-state index is 0.504. The van der Waals surface area contributed by atoms with E-state index in [9.17, 15) is 0 Å². The van der Waals surface area contributed by atoms with Crippen LogP contribution in [0.4, 0.5) is 0 Å². The van der Waals surface area contributed by atoms with Crippen LogP contribution in [0.15, 0.2) is 12.1 Å². The van der Waals surface area contributed by atoms with Gasteiger partial charge in [0.05, 0.1) is 17.6 Å². The molecule has 2 rings (SSSR count). The van der Waals surface area contributed by atoms with E-state index in [1.807, 2.05) is 6.07 Å². The fourth-order valence-electron chi connectivity index (χ4n) is 2.43. The Morgan fingerprint density at radius 3 is 3.00 bits per heavy atom. The van der Waals surface area contributed by atoms with Gasteiger partial charge in [0.1, 0.15) is 0 Å². The highest BCUT2D eigenvalue weighted by Gasteiger charge is 2.28. The van der Waals surface area contributed by atoms with Crippen molar-refractivity contribution in [2.45, 2.75) is 19.5 Å². The first-order chi connectivity index (χ1) is 8.69. The molecule has 18 heavy (non-hydrogen) atoms. The molecule has 1 aromatic heterocycles. The van der Waals surface area contributed by atoms with E-state index < -0.39 is 0 Å². The van der Waals surface area contributed by atoms with Crippen molar-refractivity contribution in [1.82, 2.24) is 10.2 Å². The lowest BCUT2D eigenvalue weighted by molar-refractivity contribution is 0.172. The number of rotatable bonds is 6. The zero-order valence-electron chi connectivity index (χ0n) is 11.0. The van der Waals surface area contributed by atoms with E-state index in [0.717, 1.165) is 37.2 Å². The third-order valence-corrected chi connectivity index (χ3v) is 4.48. The van der Waals surface area contributed by atoms with E-state index in [2.05, 4.69) is 30.3 Å². The topological polar surface area (TPSA) is 24.5 Å². The van der Waals surface area contributed by atoms with E-state index in [-0.39, 0.29) is 0 Å². The summed E-state index contributed by atoms with van der Waals surface area (Å²) in [4.78, 5) is 3.67. The van der Waals surface area contributed by atoms with Crippen molar-refractivity contribution >= 4 is 22.9 Å². The highest BCUT2D eigenvalue weighted by molar-refractivity contribution is 7.16. The number of nitrogens with zero attached hydrogens (tertiary/aromatic N) is 1. The summed E-state index contributed by atoms with van der Waals surface area (Å²) in [7, 11) is 2.16. The molecule has 5 heteroatoms. The van der Waals surface area contributed by atoms with E-state index in [0.29, 0.717) is 12.0 Å². The summed E-state index contributed by atoms with van der Waals surface area (Å²) < 4.78 is 6.44. The molecular formula is C13H21ClN2OS. The summed E-state index contributed by atoms with van der Waals surface area (Å²) in [6.45, 7) is 6.89. The van der Waals surface area contributed by atoms with Crippen LogP contribution < -0.4 is 5.32 Å². The Morgan fingerprint density at radius 1 is 1.50 bits per heavy atom. The van der Waals surface area contributed by atoms with Gasteiger partial charge < -0.3 is 15.0 Å². The van der Waals surface area contributed by atoms with Crippen molar-refractivity contribution in [2.75, 3.05) is 33.4 Å². The molecule has 1 aliphatic heterocycles. The second kappa shape index (κ2) is 6.87. The van der Waals surface area contributed by atoms with Gasteiger partial charge >= 0.3 is 0 Å². The normalized spacial score (nSPS) is 24.0. The largest absolute Gasteiger partial charge is 0.379 e. The minimum atomic E-state index is 0.504. The summed E-state index contributed by atoms with van der Waals surface area (Å²) in [5, 5.41) is 3.50. The van der Waals surface area contributed by atoms with Crippen molar-refractivity contribution in [1.29, 1.82) is 0 Å². The number of hydrogen-bond acceptors (Lipinski definition) is 4. The van der Waals surface area contributed by atoms with Gasteiger partial charge in [0.2, 0.25) is 0 Å². The summed E-state index contributed by atoms with van der Waals surface area (Å²) in [5.41, 5.74) is 0. The van der Waals surface area contributed by atoms with Crippen LogP contribution >= 0.6 is 22.9 Å².